The largest absolute Gasteiger partial charge is 0.478 e. The highest BCUT2D eigenvalue weighted by molar-refractivity contribution is 5.92. The molecule has 0 saturated carbocycles. The molecule has 1 aliphatic carbocycles. The Labute approximate surface area is 124 Å². The van der Waals surface area contributed by atoms with Crippen molar-refractivity contribution in [2.24, 2.45) is 11.3 Å². The summed E-state index contributed by atoms with van der Waals surface area (Å²) < 4.78 is 5.25. The van der Waals surface area contributed by atoms with Gasteiger partial charge in [0.1, 0.15) is 11.3 Å². The summed E-state index contributed by atoms with van der Waals surface area (Å²) in [6.45, 7) is 6.31. The van der Waals surface area contributed by atoms with Crippen LogP contribution in [0.3, 0.4) is 0 Å². The van der Waals surface area contributed by atoms with Crippen molar-refractivity contribution >= 4 is 11.9 Å². The molecule has 112 valence electrons. The number of ether oxygens (including phenoxy) is 1. The highest BCUT2D eigenvalue weighted by atomic mass is 16.5. The standard InChI is InChI=1S/C17H20O4/c1-11-8-9-12(17(11,2)3)10-15(18)21-14-7-5-4-6-13(14)16(19)20/h4-8,12H,9-10H2,1-3H3,(H,19,20). The van der Waals surface area contributed by atoms with E-state index >= 15 is 0 Å². The number of esters is 1. The van der Waals surface area contributed by atoms with Crippen LogP contribution in [0.15, 0.2) is 35.9 Å². The number of aromatic carboxylic acids is 1. The van der Waals surface area contributed by atoms with Crippen molar-refractivity contribution in [3.05, 3.63) is 41.5 Å². The molecule has 1 aliphatic rings. The Balaban J connectivity index is 2.05. The molecule has 0 radical (unpaired) electrons. The second-order valence-corrected chi connectivity index (χ2v) is 6.02. The van der Waals surface area contributed by atoms with Crippen molar-refractivity contribution < 1.29 is 19.4 Å². The molecule has 0 aliphatic heterocycles. The van der Waals surface area contributed by atoms with Gasteiger partial charge in [-0.25, -0.2) is 4.79 Å². The zero-order valence-electron chi connectivity index (χ0n) is 12.6. The van der Waals surface area contributed by atoms with E-state index in [1.165, 1.54) is 17.7 Å². The van der Waals surface area contributed by atoms with Crippen LogP contribution in [0.25, 0.3) is 0 Å². The molecule has 4 nitrogen and oxygen atoms in total. The Kier molecular flexibility index (Phi) is 4.16. The minimum absolute atomic E-state index is 0.00541. The average molecular weight is 288 g/mol. The van der Waals surface area contributed by atoms with Crippen molar-refractivity contribution in [3.8, 4) is 5.75 Å². The number of para-hydroxylation sites is 1. The zero-order valence-corrected chi connectivity index (χ0v) is 12.6. The number of carbonyl (C=O) groups is 2. The lowest BCUT2D eigenvalue weighted by Crippen LogP contribution is -2.25. The van der Waals surface area contributed by atoms with E-state index in [2.05, 4.69) is 26.8 Å². The molecule has 0 bridgehead atoms. The van der Waals surface area contributed by atoms with E-state index < -0.39 is 5.97 Å². The molecule has 0 amide bonds. The molecular formula is C17H20O4. The predicted octanol–water partition coefficient (Wildman–Crippen LogP) is 3.67. The number of benzene rings is 1. The third-order valence-electron chi connectivity index (χ3n) is 4.50. The Morgan fingerprint density at radius 3 is 2.57 bits per heavy atom. The minimum atomic E-state index is -1.10. The number of hydrogen-bond acceptors (Lipinski definition) is 3. The summed E-state index contributed by atoms with van der Waals surface area (Å²) in [5, 5.41) is 9.08. The first kappa shape index (κ1) is 15.3. The van der Waals surface area contributed by atoms with Crippen LogP contribution in [0.1, 0.15) is 44.0 Å². The molecule has 1 aromatic rings. The summed E-state index contributed by atoms with van der Waals surface area (Å²) in [7, 11) is 0. The first-order valence-corrected chi connectivity index (χ1v) is 7.02. The molecule has 4 heteroatoms. The lowest BCUT2D eigenvalue weighted by molar-refractivity contribution is -0.136. The normalized spacial score (nSPS) is 20.0. The molecule has 1 N–H and O–H groups in total. The van der Waals surface area contributed by atoms with Crippen molar-refractivity contribution in [1.29, 1.82) is 0 Å². The second kappa shape index (κ2) is 5.72. The summed E-state index contributed by atoms with van der Waals surface area (Å²) in [4.78, 5) is 23.2. The van der Waals surface area contributed by atoms with Crippen LogP contribution in [0, 0.1) is 11.3 Å². The number of hydrogen-bond donors (Lipinski definition) is 1. The molecule has 1 atom stereocenters. The fourth-order valence-corrected chi connectivity index (χ4v) is 2.63. The van der Waals surface area contributed by atoms with Crippen molar-refractivity contribution in [3.63, 3.8) is 0 Å². The number of carbonyl (C=O) groups excluding carboxylic acids is 1. The molecule has 2 rings (SSSR count). The number of rotatable bonds is 4. The van der Waals surface area contributed by atoms with Crippen LogP contribution in [-0.2, 0) is 4.79 Å². The van der Waals surface area contributed by atoms with Crippen LogP contribution in [0.2, 0.25) is 0 Å². The minimum Gasteiger partial charge on any atom is -0.478 e. The van der Waals surface area contributed by atoms with Gasteiger partial charge in [-0.2, -0.15) is 0 Å². The Morgan fingerprint density at radius 2 is 2.00 bits per heavy atom. The quantitative estimate of drug-likeness (QED) is 0.521. The third kappa shape index (κ3) is 3.15. The van der Waals surface area contributed by atoms with Crippen LogP contribution < -0.4 is 4.74 Å². The molecule has 0 saturated heterocycles. The van der Waals surface area contributed by atoms with Crippen molar-refractivity contribution in [1.82, 2.24) is 0 Å². The first-order valence-electron chi connectivity index (χ1n) is 7.02. The maximum atomic E-state index is 12.1. The van der Waals surface area contributed by atoms with Crippen molar-refractivity contribution in [2.45, 2.75) is 33.6 Å². The fraction of sp³-hybridized carbons (Fsp3) is 0.412. The van der Waals surface area contributed by atoms with Crippen molar-refractivity contribution in [2.75, 3.05) is 0 Å². The van der Waals surface area contributed by atoms with Crippen LogP contribution >= 0.6 is 0 Å². The molecule has 0 heterocycles. The number of carboxylic acids is 1. The molecule has 1 aromatic carbocycles. The molecule has 21 heavy (non-hydrogen) atoms. The van der Waals surface area contributed by atoms with E-state index in [1.54, 1.807) is 12.1 Å². The van der Waals surface area contributed by atoms with E-state index in [-0.39, 0.29) is 35.0 Å². The highest BCUT2D eigenvalue weighted by Gasteiger charge is 2.36. The van der Waals surface area contributed by atoms with E-state index in [9.17, 15) is 9.59 Å². The van der Waals surface area contributed by atoms with Gasteiger partial charge in [0.25, 0.3) is 0 Å². The van der Waals surface area contributed by atoms with Gasteiger partial charge in [-0.15, -0.1) is 0 Å². The number of carboxylic acid groups (broad SMARTS) is 1. The Morgan fingerprint density at radius 1 is 1.33 bits per heavy atom. The summed E-state index contributed by atoms with van der Waals surface area (Å²) in [5.41, 5.74) is 1.27. The zero-order chi connectivity index (χ0) is 15.6. The van der Waals surface area contributed by atoms with Gasteiger partial charge in [0, 0.05) is 6.42 Å². The molecule has 0 fully saturated rings. The van der Waals surface area contributed by atoms with Gasteiger partial charge >= 0.3 is 11.9 Å². The summed E-state index contributed by atoms with van der Waals surface area (Å²) in [5.74, 6) is -1.18. The van der Waals surface area contributed by atoms with Gasteiger partial charge in [-0.1, -0.05) is 37.6 Å². The maximum Gasteiger partial charge on any atom is 0.339 e. The first-order chi connectivity index (χ1) is 9.82. The van der Waals surface area contributed by atoms with Crippen LogP contribution in [-0.4, -0.2) is 17.0 Å². The van der Waals surface area contributed by atoms with Gasteiger partial charge < -0.3 is 9.84 Å². The lowest BCUT2D eigenvalue weighted by atomic mass is 9.76. The monoisotopic (exact) mass is 288 g/mol. The topological polar surface area (TPSA) is 63.6 Å². The Hall–Kier alpha value is -2.10. The van der Waals surface area contributed by atoms with E-state index in [1.807, 2.05) is 0 Å². The van der Waals surface area contributed by atoms with Crippen LogP contribution in [0.5, 0.6) is 5.75 Å². The summed E-state index contributed by atoms with van der Waals surface area (Å²) in [6, 6.07) is 6.19. The highest BCUT2D eigenvalue weighted by Crippen LogP contribution is 2.44. The van der Waals surface area contributed by atoms with Gasteiger partial charge in [-0.05, 0) is 36.8 Å². The number of allylic oxidation sites excluding steroid dienone is 2. The fourth-order valence-electron chi connectivity index (χ4n) is 2.63. The van der Waals surface area contributed by atoms with E-state index in [4.69, 9.17) is 9.84 Å². The summed E-state index contributed by atoms with van der Waals surface area (Å²) >= 11 is 0. The maximum absolute atomic E-state index is 12.1. The average Bonchev–Trinajstić information content (AvgIpc) is 2.66. The van der Waals surface area contributed by atoms with Gasteiger partial charge in [0.15, 0.2) is 0 Å². The molecule has 0 spiro atoms. The van der Waals surface area contributed by atoms with E-state index in [0.29, 0.717) is 0 Å². The van der Waals surface area contributed by atoms with E-state index in [0.717, 1.165) is 6.42 Å². The molecule has 0 aromatic heterocycles. The Bertz CT molecular complexity index is 599. The van der Waals surface area contributed by atoms with Gasteiger partial charge in [0.05, 0.1) is 0 Å². The van der Waals surface area contributed by atoms with Gasteiger partial charge in [0.2, 0.25) is 0 Å². The molecule has 1 unspecified atom stereocenters. The second-order valence-electron chi connectivity index (χ2n) is 6.02. The smallest absolute Gasteiger partial charge is 0.339 e. The third-order valence-corrected chi connectivity index (χ3v) is 4.50. The van der Waals surface area contributed by atoms with Crippen LogP contribution in [0.4, 0.5) is 0 Å². The SMILES string of the molecule is CC1=CCC(CC(=O)Oc2ccccc2C(=O)O)C1(C)C. The van der Waals surface area contributed by atoms with Gasteiger partial charge in [-0.3, -0.25) is 4.79 Å². The predicted molar refractivity (Wildman–Crippen MR) is 79.3 cm³/mol. The molecular weight excluding hydrogens is 268 g/mol. The lowest BCUT2D eigenvalue weighted by Gasteiger charge is -2.28. The summed E-state index contributed by atoms with van der Waals surface area (Å²) in [6.07, 6.45) is 3.30.